The Balaban J connectivity index is 0.000000201. The standard InChI is InChI=1S/2C21H21NO4/c2*1-14-20(21(24)26-13-15-6-4-3-5-7-15)18(12-19(23)22-14)16-8-10-17(25-2)11-9-16/h2*3-11,18H,12-13H2,1-2H3,(H,22,23). The van der Waals surface area contributed by atoms with Crippen molar-refractivity contribution >= 4 is 23.8 Å². The van der Waals surface area contributed by atoms with Gasteiger partial charge in [-0.2, -0.15) is 0 Å². The van der Waals surface area contributed by atoms with Crippen molar-refractivity contribution < 1.29 is 38.1 Å². The normalized spacial score (nSPS) is 16.8. The summed E-state index contributed by atoms with van der Waals surface area (Å²) >= 11 is 0. The second-order valence-corrected chi connectivity index (χ2v) is 12.4. The van der Waals surface area contributed by atoms with Crippen molar-refractivity contribution in [2.45, 2.75) is 51.7 Å². The number of benzene rings is 4. The van der Waals surface area contributed by atoms with Gasteiger partial charge in [0.15, 0.2) is 0 Å². The third-order valence-corrected chi connectivity index (χ3v) is 8.84. The molecule has 2 aliphatic rings. The van der Waals surface area contributed by atoms with E-state index in [9.17, 15) is 19.2 Å². The summed E-state index contributed by atoms with van der Waals surface area (Å²) in [4.78, 5) is 49.5. The van der Waals surface area contributed by atoms with E-state index in [1.807, 2.05) is 109 Å². The minimum Gasteiger partial charge on any atom is -0.497 e. The number of methoxy groups -OCH3 is 2. The van der Waals surface area contributed by atoms with E-state index >= 15 is 0 Å². The summed E-state index contributed by atoms with van der Waals surface area (Å²) in [5.41, 5.74) is 5.66. The SMILES string of the molecule is COc1ccc(C2CC(=O)NC(C)=C2C(=O)OCc2ccccc2)cc1.COc1ccc(C2CC(=O)NC(C)=C2C(=O)OCc2ccccc2)cc1. The Hall–Kier alpha value is -6.16. The number of nitrogens with one attached hydrogen (secondary N) is 2. The zero-order valence-corrected chi connectivity index (χ0v) is 29.6. The van der Waals surface area contributed by atoms with Crippen LogP contribution in [0.1, 0.15) is 60.8 Å². The number of hydrogen-bond acceptors (Lipinski definition) is 8. The number of carbonyl (C=O) groups is 4. The van der Waals surface area contributed by atoms with Crippen LogP contribution < -0.4 is 20.1 Å². The van der Waals surface area contributed by atoms with Crippen LogP contribution in [0.4, 0.5) is 0 Å². The highest BCUT2D eigenvalue weighted by Crippen LogP contribution is 2.36. The second kappa shape index (κ2) is 17.7. The molecule has 2 amide bonds. The van der Waals surface area contributed by atoms with Gasteiger partial charge in [-0.15, -0.1) is 0 Å². The Morgan fingerprint density at radius 1 is 0.558 bits per heavy atom. The number of amides is 2. The fourth-order valence-electron chi connectivity index (χ4n) is 6.19. The van der Waals surface area contributed by atoms with Crippen molar-refractivity contribution in [1.82, 2.24) is 10.6 Å². The average Bonchev–Trinajstić information content (AvgIpc) is 3.16. The first kappa shape index (κ1) is 37.1. The van der Waals surface area contributed by atoms with E-state index < -0.39 is 11.9 Å². The summed E-state index contributed by atoms with van der Waals surface area (Å²) in [5, 5.41) is 5.49. The molecule has 10 nitrogen and oxygen atoms in total. The van der Waals surface area contributed by atoms with Crippen molar-refractivity contribution in [2.24, 2.45) is 0 Å². The first-order valence-electron chi connectivity index (χ1n) is 16.9. The van der Waals surface area contributed by atoms with Gasteiger partial charge in [-0.25, -0.2) is 9.59 Å². The smallest absolute Gasteiger partial charge is 0.336 e. The fraction of sp³-hybridized carbons (Fsp3) is 0.238. The summed E-state index contributed by atoms with van der Waals surface area (Å²) in [6.07, 6.45) is 0.416. The molecule has 0 aliphatic carbocycles. The van der Waals surface area contributed by atoms with Crippen LogP contribution in [-0.4, -0.2) is 38.0 Å². The van der Waals surface area contributed by atoms with Crippen molar-refractivity contribution in [1.29, 1.82) is 0 Å². The molecule has 0 spiro atoms. The van der Waals surface area contributed by atoms with E-state index in [-0.39, 0.29) is 49.7 Å². The lowest BCUT2D eigenvalue weighted by Gasteiger charge is -2.26. The maximum Gasteiger partial charge on any atom is 0.336 e. The molecule has 0 fully saturated rings. The minimum atomic E-state index is -0.410. The van der Waals surface area contributed by atoms with E-state index in [1.54, 1.807) is 28.1 Å². The predicted molar refractivity (Wildman–Crippen MR) is 195 cm³/mol. The Labute approximate surface area is 303 Å². The van der Waals surface area contributed by atoms with Crippen molar-refractivity contribution in [3.63, 3.8) is 0 Å². The molecule has 52 heavy (non-hydrogen) atoms. The number of allylic oxidation sites excluding steroid dienone is 2. The number of rotatable bonds is 10. The molecule has 268 valence electrons. The van der Waals surface area contributed by atoms with Gasteiger partial charge in [0.05, 0.1) is 25.4 Å². The quantitative estimate of drug-likeness (QED) is 0.176. The number of ether oxygens (including phenoxy) is 4. The van der Waals surface area contributed by atoms with Gasteiger partial charge in [0.25, 0.3) is 0 Å². The molecule has 0 saturated heterocycles. The third kappa shape index (κ3) is 9.54. The summed E-state index contributed by atoms with van der Waals surface area (Å²) in [6.45, 7) is 3.85. The highest BCUT2D eigenvalue weighted by Gasteiger charge is 2.34. The summed E-state index contributed by atoms with van der Waals surface area (Å²) < 4.78 is 21.3. The molecular formula is C42H42N2O8. The predicted octanol–water partition coefficient (Wildman–Crippen LogP) is 6.63. The molecule has 2 unspecified atom stereocenters. The number of esters is 2. The summed E-state index contributed by atoms with van der Waals surface area (Å²) in [5.74, 6) is -0.258. The molecule has 0 saturated carbocycles. The molecule has 0 radical (unpaired) electrons. The summed E-state index contributed by atoms with van der Waals surface area (Å²) in [6, 6.07) is 33.8. The van der Waals surface area contributed by atoms with Crippen molar-refractivity contribution in [3.8, 4) is 11.5 Å². The van der Waals surface area contributed by atoms with Gasteiger partial charge in [-0.05, 0) is 60.4 Å². The Morgan fingerprint density at radius 2 is 0.904 bits per heavy atom. The van der Waals surface area contributed by atoms with Gasteiger partial charge < -0.3 is 29.6 Å². The first-order chi connectivity index (χ1) is 25.2. The lowest BCUT2D eigenvalue weighted by atomic mass is 9.84. The molecule has 2 N–H and O–H groups in total. The second-order valence-electron chi connectivity index (χ2n) is 12.4. The third-order valence-electron chi connectivity index (χ3n) is 8.84. The van der Waals surface area contributed by atoms with Crippen LogP contribution in [-0.2, 0) is 41.9 Å². The molecule has 4 aromatic rings. The van der Waals surface area contributed by atoms with Gasteiger partial charge >= 0.3 is 11.9 Å². The lowest BCUT2D eigenvalue weighted by Crippen LogP contribution is -2.34. The Morgan fingerprint density at radius 3 is 1.23 bits per heavy atom. The molecule has 0 bridgehead atoms. The molecule has 4 aromatic carbocycles. The van der Waals surface area contributed by atoms with Gasteiger partial charge in [-0.1, -0.05) is 84.9 Å². The molecular weight excluding hydrogens is 660 g/mol. The molecule has 6 rings (SSSR count). The molecule has 10 heteroatoms. The molecule has 0 aromatic heterocycles. The monoisotopic (exact) mass is 702 g/mol. The van der Waals surface area contributed by atoms with Gasteiger partial charge in [0.2, 0.25) is 11.8 Å². The van der Waals surface area contributed by atoms with Crippen LogP contribution in [0.2, 0.25) is 0 Å². The van der Waals surface area contributed by atoms with Crippen molar-refractivity contribution in [2.75, 3.05) is 14.2 Å². The van der Waals surface area contributed by atoms with E-state index in [0.717, 1.165) is 33.8 Å². The summed E-state index contributed by atoms with van der Waals surface area (Å²) in [7, 11) is 3.19. The zero-order valence-electron chi connectivity index (χ0n) is 29.6. The molecule has 2 atom stereocenters. The van der Waals surface area contributed by atoms with E-state index in [4.69, 9.17) is 18.9 Å². The Bertz CT molecular complexity index is 1790. The van der Waals surface area contributed by atoms with Crippen LogP contribution in [0.3, 0.4) is 0 Å². The van der Waals surface area contributed by atoms with Gasteiger partial charge in [-0.3, -0.25) is 9.59 Å². The average molecular weight is 703 g/mol. The largest absolute Gasteiger partial charge is 0.497 e. The van der Waals surface area contributed by atoms with Crippen LogP contribution in [0, 0.1) is 0 Å². The molecule has 2 aliphatic heterocycles. The van der Waals surface area contributed by atoms with E-state index in [2.05, 4.69) is 10.6 Å². The zero-order chi connectivity index (χ0) is 37.0. The van der Waals surface area contributed by atoms with Gasteiger partial charge in [0.1, 0.15) is 24.7 Å². The van der Waals surface area contributed by atoms with Crippen LogP contribution in [0.15, 0.2) is 132 Å². The maximum absolute atomic E-state index is 12.7. The van der Waals surface area contributed by atoms with E-state index in [0.29, 0.717) is 22.5 Å². The van der Waals surface area contributed by atoms with Crippen molar-refractivity contribution in [3.05, 3.63) is 154 Å². The van der Waals surface area contributed by atoms with Crippen LogP contribution >= 0.6 is 0 Å². The van der Waals surface area contributed by atoms with Crippen LogP contribution in [0.5, 0.6) is 11.5 Å². The van der Waals surface area contributed by atoms with E-state index in [1.165, 1.54) is 0 Å². The first-order valence-corrected chi connectivity index (χ1v) is 16.9. The minimum absolute atomic E-state index is 0.108. The maximum atomic E-state index is 12.7. The fourth-order valence-corrected chi connectivity index (χ4v) is 6.19. The lowest BCUT2D eigenvalue weighted by molar-refractivity contribution is -0.142. The van der Waals surface area contributed by atoms with Gasteiger partial charge in [0, 0.05) is 36.1 Å². The highest BCUT2D eigenvalue weighted by molar-refractivity contribution is 5.96. The molecule has 2 heterocycles. The highest BCUT2D eigenvalue weighted by atomic mass is 16.5. The topological polar surface area (TPSA) is 129 Å². The number of carbonyl (C=O) groups excluding carboxylic acids is 4. The Kier molecular flexibility index (Phi) is 12.6. The van der Waals surface area contributed by atoms with Crippen LogP contribution in [0.25, 0.3) is 0 Å². The number of hydrogen-bond donors (Lipinski definition) is 2.